The Balaban J connectivity index is 1.39. The summed E-state index contributed by atoms with van der Waals surface area (Å²) in [5.74, 6) is -0.458. The molecule has 0 radical (unpaired) electrons. The monoisotopic (exact) mass is 430 g/mol. The maximum Gasteiger partial charge on any atom is 0.379 e. The van der Waals surface area contributed by atoms with Gasteiger partial charge in [0.25, 0.3) is 5.91 Å². The summed E-state index contributed by atoms with van der Waals surface area (Å²) in [6.45, 7) is 0. The van der Waals surface area contributed by atoms with Crippen LogP contribution in [0.25, 0.3) is 11.3 Å². The molecule has 0 bridgehead atoms. The number of aromatic amines is 1. The summed E-state index contributed by atoms with van der Waals surface area (Å²) in [5, 5.41) is 10.8. The normalized spacial score (nSPS) is 10.8. The molecule has 0 atom stereocenters. The second kappa shape index (κ2) is 9.43. The van der Waals surface area contributed by atoms with Crippen LogP contribution in [0.5, 0.6) is 11.5 Å². The Hall–Kier alpha value is -4.66. The van der Waals surface area contributed by atoms with Crippen molar-refractivity contribution in [2.24, 2.45) is 5.10 Å². The molecule has 0 saturated carbocycles. The predicted molar refractivity (Wildman–Crippen MR) is 116 cm³/mol. The highest BCUT2D eigenvalue weighted by Crippen LogP contribution is 2.28. The lowest BCUT2D eigenvalue weighted by Gasteiger charge is -2.08. The lowest BCUT2D eigenvalue weighted by atomic mass is 10.1. The van der Waals surface area contributed by atoms with E-state index >= 15 is 0 Å². The van der Waals surface area contributed by atoms with Crippen molar-refractivity contribution in [2.45, 2.75) is 0 Å². The van der Waals surface area contributed by atoms with Gasteiger partial charge in [0.2, 0.25) is 5.76 Å². The summed E-state index contributed by atoms with van der Waals surface area (Å²) in [4.78, 5) is 24.4. The number of benzene rings is 2. The molecule has 0 fully saturated rings. The summed E-state index contributed by atoms with van der Waals surface area (Å²) < 4.78 is 15.6. The molecule has 160 valence electrons. The van der Waals surface area contributed by atoms with E-state index in [1.807, 2.05) is 30.3 Å². The Labute approximate surface area is 182 Å². The van der Waals surface area contributed by atoms with Gasteiger partial charge in [-0.25, -0.2) is 10.2 Å². The van der Waals surface area contributed by atoms with Gasteiger partial charge < -0.3 is 13.9 Å². The molecule has 1 amide bonds. The zero-order valence-corrected chi connectivity index (χ0v) is 16.9. The van der Waals surface area contributed by atoms with Crippen LogP contribution in [0, 0.1) is 0 Å². The molecule has 2 aromatic heterocycles. The minimum Gasteiger partial charge on any atom is -0.493 e. The summed E-state index contributed by atoms with van der Waals surface area (Å²) in [6, 6.07) is 19.1. The molecular weight excluding hydrogens is 412 g/mol. The van der Waals surface area contributed by atoms with Crippen LogP contribution in [0.4, 0.5) is 0 Å². The van der Waals surface area contributed by atoms with Gasteiger partial charge >= 0.3 is 5.97 Å². The third-order valence-corrected chi connectivity index (χ3v) is 4.38. The van der Waals surface area contributed by atoms with Crippen LogP contribution < -0.4 is 14.9 Å². The molecule has 4 aromatic rings. The van der Waals surface area contributed by atoms with Gasteiger partial charge in [0.05, 0.1) is 25.3 Å². The minimum atomic E-state index is -0.642. The van der Waals surface area contributed by atoms with Crippen molar-refractivity contribution in [3.63, 3.8) is 0 Å². The highest BCUT2D eigenvalue weighted by molar-refractivity contribution is 5.94. The third kappa shape index (κ3) is 4.73. The maximum atomic E-state index is 12.3. The number of furan rings is 1. The van der Waals surface area contributed by atoms with Gasteiger partial charge in [0.1, 0.15) is 5.69 Å². The fourth-order valence-corrected chi connectivity index (χ4v) is 2.81. The standard InChI is InChI=1S/C23H18N4O5/c1-30-21-12-15(9-10-19(21)32-23(29)20-8-5-11-31-20)14-24-27-22(28)18-13-17(25-26-18)16-6-3-2-4-7-16/h2-14H,1H3,(H,25,26)(H,27,28)/b24-14-. The number of hydrogen-bond donors (Lipinski definition) is 2. The van der Waals surface area contributed by atoms with Crippen LogP contribution in [0.1, 0.15) is 26.6 Å². The highest BCUT2D eigenvalue weighted by Gasteiger charge is 2.15. The van der Waals surface area contributed by atoms with E-state index in [1.165, 1.54) is 25.7 Å². The Morgan fingerprint density at radius 3 is 2.66 bits per heavy atom. The molecule has 0 spiro atoms. The lowest BCUT2D eigenvalue weighted by Crippen LogP contribution is -2.18. The molecule has 0 saturated heterocycles. The first-order valence-electron chi connectivity index (χ1n) is 9.52. The van der Waals surface area contributed by atoms with Crippen molar-refractivity contribution < 1.29 is 23.5 Å². The first kappa shape index (κ1) is 20.6. The van der Waals surface area contributed by atoms with Gasteiger partial charge in [-0.3, -0.25) is 9.89 Å². The lowest BCUT2D eigenvalue weighted by molar-refractivity contribution is 0.0696. The van der Waals surface area contributed by atoms with E-state index < -0.39 is 11.9 Å². The number of nitrogens with one attached hydrogen (secondary N) is 2. The van der Waals surface area contributed by atoms with E-state index in [4.69, 9.17) is 13.9 Å². The second-order valence-electron chi connectivity index (χ2n) is 6.51. The summed E-state index contributed by atoms with van der Waals surface area (Å²) >= 11 is 0. The van der Waals surface area contributed by atoms with E-state index in [2.05, 4.69) is 20.7 Å². The zero-order valence-electron chi connectivity index (χ0n) is 16.9. The Kier molecular flexibility index (Phi) is 6.08. The number of nitrogens with zero attached hydrogens (tertiary/aromatic N) is 2. The molecule has 2 aromatic carbocycles. The summed E-state index contributed by atoms with van der Waals surface area (Å²) in [7, 11) is 1.45. The van der Waals surface area contributed by atoms with Gasteiger partial charge in [-0.1, -0.05) is 30.3 Å². The Morgan fingerprint density at radius 2 is 1.91 bits per heavy atom. The van der Waals surface area contributed by atoms with Gasteiger partial charge in [0, 0.05) is 5.56 Å². The van der Waals surface area contributed by atoms with E-state index in [1.54, 1.807) is 30.3 Å². The van der Waals surface area contributed by atoms with Crippen LogP contribution >= 0.6 is 0 Å². The minimum absolute atomic E-state index is 0.0784. The van der Waals surface area contributed by atoms with Gasteiger partial charge in [-0.2, -0.15) is 10.2 Å². The second-order valence-corrected chi connectivity index (χ2v) is 6.51. The van der Waals surface area contributed by atoms with Crippen molar-refractivity contribution in [1.82, 2.24) is 15.6 Å². The van der Waals surface area contributed by atoms with E-state index in [0.717, 1.165) is 5.56 Å². The van der Waals surface area contributed by atoms with Crippen LogP contribution in [0.3, 0.4) is 0 Å². The molecule has 2 heterocycles. The van der Waals surface area contributed by atoms with Crippen molar-refractivity contribution in [2.75, 3.05) is 7.11 Å². The quantitative estimate of drug-likeness (QED) is 0.200. The fourth-order valence-electron chi connectivity index (χ4n) is 2.81. The average molecular weight is 430 g/mol. The molecule has 0 unspecified atom stereocenters. The molecule has 0 aliphatic carbocycles. The molecule has 0 aliphatic heterocycles. The first-order valence-corrected chi connectivity index (χ1v) is 9.52. The zero-order chi connectivity index (χ0) is 22.3. The van der Waals surface area contributed by atoms with Crippen LogP contribution in [-0.2, 0) is 0 Å². The summed E-state index contributed by atoms with van der Waals surface area (Å²) in [5.41, 5.74) is 4.88. The van der Waals surface area contributed by atoms with Gasteiger partial charge in [-0.15, -0.1) is 0 Å². The van der Waals surface area contributed by atoms with Crippen LogP contribution in [0.15, 0.2) is 82.5 Å². The van der Waals surface area contributed by atoms with Gasteiger partial charge in [0.15, 0.2) is 11.5 Å². The van der Waals surface area contributed by atoms with Crippen molar-refractivity contribution in [3.05, 3.63) is 90.0 Å². The Bertz CT molecular complexity index is 1250. The number of rotatable bonds is 7. The van der Waals surface area contributed by atoms with Crippen molar-refractivity contribution in [3.8, 4) is 22.8 Å². The van der Waals surface area contributed by atoms with E-state index in [-0.39, 0.29) is 17.2 Å². The maximum absolute atomic E-state index is 12.3. The van der Waals surface area contributed by atoms with E-state index in [0.29, 0.717) is 17.0 Å². The number of amides is 1. The number of carbonyl (C=O) groups is 2. The van der Waals surface area contributed by atoms with Crippen LogP contribution in [0.2, 0.25) is 0 Å². The van der Waals surface area contributed by atoms with Gasteiger partial charge in [-0.05, 0) is 42.0 Å². The Morgan fingerprint density at radius 1 is 1.06 bits per heavy atom. The number of carbonyl (C=O) groups excluding carboxylic acids is 2. The largest absolute Gasteiger partial charge is 0.493 e. The molecule has 9 nitrogen and oxygen atoms in total. The molecular formula is C23H18N4O5. The molecule has 4 rings (SSSR count). The molecule has 2 N–H and O–H groups in total. The predicted octanol–water partition coefficient (Wildman–Crippen LogP) is 3.66. The SMILES string of the molecule is COc1cc(/C=N\NC(=O)c2cc(-c3ccccc3)n[nH]2)ccc1OC(=O)c1ccco1. The van der Waals surface area contributed by atoms with Crippen molar-refractivity contribution >= 4 is 18.1 Å². The number of hydrazone groups is 1. The molecule has 0 aliphatic rings. The number of hydrogen-bond acceptors (Lipinski definition) is 7. The first-order chi connectivity index (χ1) is 15.6. The highest BCUT2D eigenvalue weighted by atomic mass is 16.6. The molecule has 9 heteroatoms. The number of methoxy groups -OCH3 is 1. The number of aromatic nitrogens is 2. The average Bonchev–Trinajstić information content (AvgIpc) is 3.53. The topological polar surface area (TPSA) is 119 Å². The molecule has 32 heavy (non-hydrogen) atoms. The fraction of sp³-hybridized carbons (Fsp3) is 0.0435. The van der Waals surface area contributed by atoms with Crippen molar-refractivity contribution in [1.29, 1.82) is 0 Å². The number of ether oxygens (including phenoxy) is 2. The number of esters is 1. The number of H-pyrrole nitrogens is 1. The van der Waals surface area contributed by atoms with E-state index in [9.17, 15) is 9.59 Å². The summed E-state index contributed by atoms with van der Waals surface area (Å²) in [6.07, 6.45) is 2.82. The smallest absolute Gasteiger partial charge is 0.379 e. The third-order valence-electron chi connectivity index (χ3n) is 4.38. The van der Waals surface area contributed by atoms with Crippen LogP contribution in [-0.4, -0.2) is 35.4 Å².